The summed E-state index contributed by atoms with van der Waals surface area (Å²) in [6, 6.07) is 34.4. The lowest BCUT2D eigenvalue weighted by Gasteiger charge is -2.29. The van der Waals surface area contributed by atoms with Crippen LogP contribution in [0.3, 0.4) is 0 Å². The molecule has 0 fully saturated rings. The molecule has 0 aliphatic rings. The van der Waals surface area contributed by atoms with Crippen molar-refractivity contribution in [2.45, 2.75) is 47.5 Å². The molecule has 5 aromatic carbocycles. The molecule has 0 radical (unpaired) electrons. The summed E-state index contributed by atoms with van der Waals surface area (Å²) >= 11 is 0. The molecular weight excluding hydrogens is 472 g/mol. The number of hydrogen-bond acceptors (Lipinski definition) is 2. The highest BCUT2D eigenvalue weighted by atomic mass is 15.1. The van der Waals surface area contributed by atoms with Crippen molar-refractivity contribution in [1.82, 2.24) is 0 Å². The summed E-state index contributed by atoms with van der Waals surface area (Å²) in [6.45, 7) is 17.5. The molecule has 0 bridgehead atoms. The molecule has 0 spiro atoms. The molecule has 39 heavy (non-hydrogen) atoms. The first-order valence-corrected chi connectivity index (χ1v) is 14.6. The maximum absolute atomic E-state index is 2.50. The summed E-state index contributed by atoms with van der Waals surface area (Å²) in [5, 5.41) is 5.34. The Kier molecular flexibility index (Phi) is 7.93. The first kappa shape index (κ1) is 26.8. The molecule has 0 amide bonds. The van der Waals surface area contributed by atoms with Crippen molar-refractivity contribution >= 4 is 32.9 Å². The van der Waals surface area contributed by atoms with E-state index < -0.39 is 0 Å². The Morgan fingerprint density at radius 3 is 1.92 bits per heavy atom. The van der Waals surface area contributed by atoms with Crippen LogP contribution in [0.4, 0.5) is 11.4 Å². The number of hydrogen-bond donors (Lipinski definition) is 0. The van der Waals surface area contributed by atoms with E-state index in [-0.39, 0.29) is 5.92 Å². The summed E-state index contributed by atoms with van der Waals surface area (Å²) in [6.07, 6.45) is 0. The fourth-order valence-corrected chi connectivity index (χ4v) is 6.38. The molecule has 0 aromatic heterocycles. The molecule has 0 saturated heterocycles. The first-order valence-electron chi connectivity index (χ1n) is 14.6. The van der Waals surface area contributed by atoms with E-state index >= 15 is 0 Å². The van der Waals surface area contributed by atoms with Crippen molar-refractivity contribution in [1.29, 1.82) is 0 Å². The molecule has 200 valence electrons. The van der Waals surface area contributed by atoms with Gasteiger partial charge in [-0.3, -0.25) is 0 Å². The topological polar surface area (TPSA) is 6.48 Å². The van der Waals surface area contributed by atoms with Crippen molar-refractivity contribution in [2.24, 2.45) is 0 Å². The van der Waals surface area contributed by atoms with E-state index in [9.17, 15) is 0 Å². The van der Waals surface area contributed by atoms with E-state index in [0.29, 0.717) is 0 Å². The lowest BCUT2D eigenvalue weighted by Crippen LogP contribution is -2.22. The van der Waals surface area contributed by atoms with Crippen LogP contribution >= 0.6 is 0 Å². The third-order valence-corrected chi connectivity index (χ3v) is 8.36. The Labute approximate surface area is 234 Å². The second-order valence-corrected chi connectivity index (χ2v) is 10.6. The highest BCUT2D eigenvalue weighted by Crippen LogP contribution is 2.44. The van der Waals surface area contributed by atoms with Crippen LogP contribution < -0.4 is 9.80 Å². The fourth-order valence-electron chi connectivity index (χ4n) is 6.38. The predicted octanol–water partition coefficient (Wildman–Crippen LogP) is 9.48. The zero-order valence-corrected chi connectivity index (χ0v) is 24.5. The van der Waals surface area contributed by atoms with Crippen LogP contribution in [0.1, 0.15) is 61.4 Å². The summed E-state index contributed by atoms with van der Waals surface area (Å²) < 4.78 is 0. The zero-order valence-electron chi connectivity index (χ0n) is 24.5. The van der Waals surface area contributed by atoms with Gasteiger partial charge in [0.15, 0.2) is 0 Å². The van der Waals surface area contributed by atoms with Crippen LogP contribution in [-0.4, -0.2) is 26.2 Å². The molecule has 0 N–H and O–H groups in total. The van der Waals surface area contributed by atoms with Crippen molar-refractivity contribution in [3.8, 4) is 0 Å². The monoisotopic (exact) mass is 514 g/mol. The van der Waals surface area contributed by atoms with Gasteiger partial charge in [0.2, 0.25) is 0 Å². The SMILES string of the molecule is CCN(CC)c1ccc(C(c2ccccc2)c2c3ccccc3cc3c(N(CC)CC)cc(C)cc23)c(C)c1. The molecule has 1 atom stereocenters. The van der Waals surface area contributed by atoms with Gasteiger partial charge >= 0.3 is 0 Å². The van der Waals surface area contributed by atoms with Crippen LogP contribution in [0.5, 0.6) is 0 Å². The minimum atomic E-state index is 0.122. The third-order valence-electron chi connectivity index (χ3n) is 8.36. The van der Waals surface area contributed by atoms with Crippen LogP contribution in [0, 0.1) is 13.8 Å². The molecular formula is C37H42N2. The lowest BCUT2D eigenvalue weighted by molar-refractivity contribution is 0.863. The summed E-state index contributed by atoms with van der Waals surface area (Å²) in [4.78, 5) is 4.93. The van der Waals surface area contributed by atoms with Crippen molar-refractivity contribution in [3.63, 3.8) is 0 Å². The van der Waals surface area contributed by atoms with E-state index in [0.717, 1.165) is 26.2 Å². The Morgan fingerprint density at radius 1 is 0.590 bits per heavy atom. The largest absolute Gasteiger partial charge is 0.372 e. The van der Waals surface area contributed by atoms with E-state index in [1.54, 1.807) is 0 Å². The van der Waals surface area contributed by atoms with Gasteiger partial charge in [0, 0.05) is 48.9 Å². The number of benzene rings is 5. The van der Waals surface area contributed by atoms with Gasteiger partial charge in [0.05, 0.1) is 0 Å². The van der Waals surface area contributed by atoms with Gasteiger partial charge < -0.3 is 9.80 Å². The number of anilines is 2. The lowest BCUT2D eigenvalue weighted by atomic mass is 9.78. The average Bonchev–Trinajstić information content (AvgIpc) is 2.96. The van der Waals surface area contributed by atoms with Crippen LogP contribution in [0.2, 0.25) is 0 Å². The van der Waals surface area contributed by atoms with Gasteiger partial charge in [-0.05, 0) is 110 Å². The smallest absolute Gasteiger partial charge is 0.0448 e. The number of nitrogens with zero attached hydrogens (tertiary/aromatic N) is 2. The third kappa shape index (κ3) is 5.01. The summed E-state index contributed by atoms with van der Waals surface area (Å²) in [5.41, 5.74) is 9.40. The van der Waals surface area contributed by atoms with Crippen molar-refractivity contribution in [3.05, 3.63) is 119 Å². The van der Waals surface area contributed by atoms with Gasteiger partial charge in [0.25, 0.3) is 0 Å². The maximum atomic E-state index is 2.50. The maximum Gasteiger partial charge on any atom is 0.0448 e. The van der Waals surface area contributed by atoms with Gasteiger partial charge in [0.1, 0.15) is 0 Å². The second-order valence-electron chi connectivity index (χ2n) is 10.6. The minimum Gasteiger partial charge on any atom is -0.372 e. The molecule has 0 saturated carbocycles. The minimum absolute atomic E-state index is 0.122. The first-order chi connectivity index (χ1) is 19.0. The number of rotatable bonds is 9. The van der Waals surface area contributed by atoms with Gasteiger partial charge in [-0.1, -0.05) is 66.7 Å². The summed E-state index contributed by atoms with van der Waals surface area (Å²) in [5.74, 6) is 0.122. The quantitative estimate of drug-likeness (QED) is 0.143. The van der Waals surface area contributed by atoms with E-state index in [1.807, 2.05) is 0 Å². The highest BCUT2D eigenvalue weighted by Gasteiger charge is 2.25. The van der Waals surface area contributed by atoms with Gasteiger partial charge in [-0.25, -0.2) is 0 Å². The van der Waals surface area contributed by atoms with Gasteiger partial charge in [-0.2, -0.15) is 0 Å². The Hall–Kier alpha value is -3.78. The number of fused-ring (bicyclic) bond motifs is 2. The zero-order chi connectivity index (χ0) is 27.5. The van der Waals surface area contributed by atoms with Crippen molar-refractivity contribution in [2.75, 3.05) is 36.0 Å². The molecule has 0 aliphatic carbocycles. The van der Waals surface area contributed by atoms with Gasteiger partial charge in [-0.15, -0.1) is 0 Å². The Balaban J connectivity index is 1.89. The fraction of sp³-hybridized carbons (Fsp3) is 0.297. The molecule has 5 aromatic rings. The van der Waals surface area contributed by atoms with E-state index in [1.165, 1.54) is 60.7 Å². The Bertz CT molecular complexity index is 1580. The molecule has 5 rings (SSSR count). The Morgan fingerprint density at radius 2 is 1.26 bits per heavy atom. The summed E-state index contributed by atoms with van der Waals surface area (Å²) in [7, 11) is 0. The molecule has 2 nitrogen and oxygen atoms in total. The average molecular weight is 515 g/mol. The predicted molar refractivity (Wildman–Crippen MR) is 172 cm³/mol. The molecule has 1 unspecified atom stereocenters. The van der Waals surface area contributed by atoms with Crippen LogP contribution in [0.25, 0.3) is 21.5 Å². The molecule has 0 aliphatic heterocycles. The van der Waals surface area contributed by atoms with Crippen LogP contribution in [0.15, 0.2) is 91.0 Å². The van der Waals surface area contributed by atoms with Crippen molar-refractivity contribution < 1.29 is 0 Å². The highest BCUT2D eigenvalue weighted by molar-refractivity contribution is 6.08. The van der Waals surface area contributed by atoms with E-state index in [4.69, 9.17) is 0 Å². The standard InChI is InChI=1S/C37H42N2/c1-7-38(8-2)30-20-21-31(27(6)24-30)36(28-16-12-11-13-17-28)37-32-19-15-14-18-29(32)25-33-34(37)22-26(5)23-35(33)39(9-3)10-4/h11-25,36H,7-10H2,1-6H3. The second kappa shape index (κ2) is 11.5. The number of aryl methyl sites for hydroxylation is 2. The van der Waals surface area contributed by atoms with Crippen LogP contribution in [-0.2, 0) is 0 Å². The molecule has 2 heteroatoms. The molecule has 0 heterocycles. The van der Waals surface area contributed by atoms with E-state index in [2.05, 4.69) is 142 Å². The normalized spacial score (nSPS) is 12.2.